The molecule has 17 heavy (non-hydrogen) atoms. The van der Waals surface area contributed by atoms with Crippen LogP contribution in [-0.2, 0) is 4.79 Å². The molecule has 1 aromatic rings. The van der Waals surface area contributed by atoms with Gasteiger partial charge in [-0.15, -0.1) is 12.4 Å². The van der Waals surface area contributed by atoms with E-state index in [1.54, 1.807) is 0 Å². The molecule has 0 radical (unpaired) electrons. The van der Waals surface area contributed by atoms with Gasteiger partial charge in [0.15, 0.2) is 0 Å². The molecule has 0 aromatic heterocycles. The molecule has 1 aromatic carbocycles. The Balaban J connectivity index is 0.00000256. The first-order valence-corrected chi connectivity index (χ1v) is 6.22. The van der Waals surface area contributed by atoms with Crippen molar-refractivity contribution >= 4 is 39.9 Å². The van der Waals surface area contributed by atoms with E-state index in [9.17, 15) is 4.79 Å². The Kier molecular flexibility index (Phi) is 8.21. The van der Waals surface area contributed by atoms with Gasteiger partial charge in [0, 0.05) is 10.2 Å². The van der Waals surface area contributed by atoms with E-state index >= 15 is 0 Å². The molecule has 0 aliphatic heterocycles. The summed E-state index contributed by atoms with van der Waals surface area (Å²) in [5, 5.41) is 2.87. The van der Waals surface area contributed by atoms with Crippen LogP contribution in [0, 0.1) is 0 Å². The van der Waals surface area contributed by atoms with E-state index in [0.29, 0.717) is 6.54 Å². The number of rotatable bonds is 5. The molecule has 1 N–H and O–H groups in total. The zero-order chi connectivity index (χ0) is 12.0. The van der Waals surface area contributed by atoms with Gasteiger partial charge in [0.05, 0.1) is 6.54 Å². The largest absolute Gasteiger partial charge is 0.325 e. The molecule has 0 saturated carbocycles. The van der Waals surface area contributed by atoms with Crippen molar-refractivity contribution in [2.45, 2.75) is 13.8 Å². The highest BCUT2D eigenvalue weighted by Crippen LogP contribution is 2.13. The molecule has 0 spiro atoms. The summed E-state index contributed by atoms with van der Waals surface area (Å²) in [7, 11) is 0. The smallest absolute Gasteiger partial charge is 0.238 e. The van der Waals surface area contributed by atoms with Crippen LogP contribution >= 0.6 is 28.3 Å². The van der Waals surface area contributed by atoms with Crippen molar-refractivity contribution in [2.75, 3.05) is 25.0 Å². The van der Waals surface area contributed by atoms with Crippen LogP contribution in [0.25, 0.3) is 0 Å². The number of likely N-dealkylation sites (N-methyl/N-ethyl adjacent to an activating group) is 1. The first kappa shape index (κ1) is 16.4. The Hall–Kier alpha value is -0.580. The maximum absolute atomic E-state index is 11.7. The maximum atomic E-state index is 11.7. The van der Waals surface area contributed by atoms with Crippen LogP contribution in [0.2, 0.25) is 0 Å². The van der Waals surface area contributed by atoms with Crippen LogP contribution in [0.3, 0.4) is 0 Å². The third-order valence-electron chi connectivity index (χ3n) is 2.39. The third kappa shape index (κ3) is 6.05. The van der Waals surface area contributed by atoms with Crippen molar-refractivity contribution < 1.29 is 4.79 Å². The number of nitrogens with zero attached hydrogens (tertiary/aromatic N) is 1. The number of nitrogens with one attached hydrogen (secondary N) is 1. The number of benzene rings is 1. The molecule has 1 amide bonds. The fraction of sp³-hybridized carbons (Fsp3) is 0.417. The van der Waals surface area contributed by atoms with Gasteiger partial charge >= 0.3 is 0 Å². The fourth-order valence-electron chi connectivity index (χ4n) is 1.38. The van der Waals surface area contributed by atoms with Crippen molar-refractivity contribution in [3.05, 3.63) is 28.7 Å². The van der Waals surface area contributed by atoms with E-state index in [1.807, 2.05) is 24.3 Å². The summed E-state index contributed by atoms with van der Waals surface area (Å²) in [5.74, 6) is 0.0334. The minimum atomic E-state index is 0. The van der Waals surface area contributed by atoms with E-state index < -0.39 is 0 Å². The van der Waals surface area contributed by atoms with Gasteiger partial charge in [-0.25, -0.2) is 0 Å². The van der Waals surface area contributed by atoms with Crippen LogP contribution in [-0.4, -0.2) is 30.4 Å². The molecule has 3 nitrogen and oxygen atoms in total. The molecule has 0 bridgehead atoms. The van der Waals surface area contributed by atoms with Gasteiger partial charge in [-0.1, -0.05) is 29.8 Å². The normalized spacial score (nSPS) is 9.88. The van der Waals surface area contributed by atoms with E-state index in [2.05, 4.69) is 40.0 Å². The van der Waals surface area contributed by atoms with Crippen molar-refractivity contribution in [1.29, 1.82) is 0 Å². The van der Waals surface area contributed by atoms with Gasteiger partial charge < -0.3 is 5.32 Å². The SMILES string of the molecule is CCN(CC)CC(=O)Nc1ccc(Br)cc1.Cl. The van der Waals surface area contributed by atoms with Crippen molar-refractivity contribution in [1.82, 2.24) is 4.90 Å². The topological polar surface area (TPSA) is 32.3 Å². The molecule has 0 fully saturated rings. The lowest BCUT2D eigenvalue weighted by atomic mass is 10.3. The van der Waals surface area contributed by atoms with Gasteiger partial charge in [0.2, 0.25) is 5.91 Å². The second kappa shape index (κ2) is 8.50. The number of hydrogen-bond acceptors (Lipinski definition) is 2. The highest BCUT2D eigenvalue weighted by molar-refractivity contribution is 9.10. The summed E-state index contributed by atoms with van der Waals surface area (Å²) < 4.78 is 1.01. The summed E-state index contributed by atoms with van der Waals surface area (Å²) in [6, 6.07) is 7.58. The average Bonchev–Trinajstić information content (AvgIpc) is 2.29. The Morgan fingerprint density at radius 3 is 2.24 bits per heavy atom. The molecule has 0 saturated heterocycles. The molecule has 0 aliphatic carbocycles. The van der Waals surface area contributed by atoms with Crippen LogP contribution in [0.15, 0.2) is 28.7 Å². The van der Waals surface area contributed by atoms with E-state index in [4.69, 9.17) is 0 Å². The van der Waals surface area contributed by atoms with E-state index in [-0.39, 0.29) is 18.3 Å². The highest BCUT2D eigenvalue weighted by Gasteiger charge is 2.06. The lowest BCUT2D eigenvalue weighted by Gasteiger charge is -2.17. The van der Waals surface area contributed by atoms with Crippen LogP contribution in [0.5, 0.6) is 0 Å². The van der Waals surface area contributed by atoms with Crippen LogP contribution in [0.1, 0.15) is 13.8 Å². The quantitative estimate of drug-likeness (QED) is 0.903. The highest BCUT2D eigenvalue weighted by atomic mass is 79.9. The first-order valence-electron chi connectivity index (χ1n) is 5.43. The van der Waals surface area contributed by atoms with Crippen LogP contribution < -0.4 is 5.32 Å². The lowest BCUT2D eigenvalue weighted by molar-refractivity contribution is -0.117. The summed E-state index contributed by atoms with van der Waals surface area (Å²) in [4.78, 5) is 13.7. The zero-order valence-electron chi connectivity index (χ0n) is 10.1. The standard InChI is InChI=1S/C12H17BrN2O.ClH/c1-3-15(4-2)9-12(16)14-11-7-5-10(13)6-8-11;/h5-8H,3-4,9H2,1-2H3,(H,14,16);1H. The number of halogens is 2. The van der Waals surface area contributed by atoms with E-state index in [1.165, 1.54) is 0 Å². The third-order valence-corrected chi connectivity index (χ3v) is 2.92. The van der Waals surface area contributed by atoms with E-state index in [0.717, 1.165) is 23.2 Å². The minimum absolute atomic E-state index is 0. The molecule has 0 aliphatic rings. The summed E-state index contributed by atoms with van der Waals surface area (Å²) in [6.07, 6.45) is 0. The average molecular weight is 322 g/mol. The Morgan fingerprint density at radius 2 is 1.76 bits per heavy atom. The Morgan fingerprint density at radius 1 is 1.24 bits per heavy atom. The molecule has 0 atom stereocenters. The van der Waals surface area contributed by atoms with Gasteiger partial charge in [0.1, 0.15) is 0 Å². The van der Waals surface area contributed by atoms with Crippen molar-refractivity contribution in [3.63, 3.8) is 0 Å². The summed E-state index contributed by atoms with van der Waals surface area (Å²) in [5.41, 5.74) is 0.834. The summed E-state index contributed by atoms with van der Waals surface area (Å²) in [6.45, 7) is 6.34. The number of carbonyl (C=O) groups is 1. The number of hydrogen-bond donors (Lipinski definition) is 1. The van der Waals surface area contributed by atoms with Crippen molar-refractivity contribution in [3.8, 4) is 0 Å². The van der Waals surface area contributed by atoms with Gasteiger partial charge in [-0.3, -0.25) is 9.69 Å². The first-order chi connectivity index (χ1) is 7.65. The molecule has 5 heteroatoms. The van der Waals surface area contributed by atoms with Gasteiger partial charge in [-0.2, -0.15) is 0 Å². The second-order valence-corrected chi connectivity index (χ2v) is 4.43. The number of amides is 1. The molecular formula is C12H18BrClN2O. The molecule has 0 heterocycles. The molecular weight excluding hydrogens is 304 g/mol. The van der Waals surface area contributed by atoms with Gasteiger partial charge in [0.25, 0.3) is 0 Å². The van der Waals surface area contributed by atoms with Crippen LogP contribution in [0.4, 0.5) is 5.69 Å². The predicted molar refractivity (Wildman–Crippen MR) is 77.8 cm³/mol. The molecule has 0 unspecified atom stereocenters. The second-order valence-electron chi connectivity index (χ2n) is 3.52. The lowest BCUT2D eigenvalue weighted by Crippen LogP contribution is -2.32. The summed E-state index contributed by atoms with van der Waals surface area (Å²) >= 11 is 3.35. The maximum Gasteiger partial charge on any atom is 0.238 e. The molecule has 96 valence electrons. The number of anilines is 1. The minimum Gasteiger partial charge on any atom is -0.325 e. The number of carbonyl (C=O) groups excluding carboxylic acids is 1. The van der Waals surface area contributed by atoms with Crippen molar-refractivity contribution in [2.24, 2.45) is 0 Å². The fourth-order valence-corrected chi connectivity index (χ4v) is 1.65. The molecule has 1 rings (SSSR count). The Bertz CT molecular complexity index is 339. The van der Waals surface area contributed by atoms with Gasteiger partial charge in [-0.05, 0) is 37.4 Å². The zero-order valence-corrected chi connectivity index (χ0v) is 12.5. The monoisotopic (exact) mass is 320 g/mol. The predicted octanol–water partition coefficient (Wildman–Crippen LogP) is 3.15. The Labute approximate surface area is 117 Å².